The van der Waals surface area contributed by atoms with E-state index in [1.54, 1.807) is 7.11 Å². The topological polar surface area (TPSA) is 24.5 Å². The second-order valence-electron chi connectivity index (χ2n) is 4.59. The molecule has 1 N–H and O–H groups in total. The van der Waals surface area contributed by atoms with Gasteiger partial charge in [0.2, 0.25) is 0 Å². The van der Waals surface area contributed by atoms with Gasteiger partial charge in [0.05, 0.1) is 6.61 Å². The first-order chi connectivity index (χ1) is 7.22. The van der Waals surface area contributed by atoms with Gasteiger partial charge < -0.3 is 10.1 Å². The number of likely N-dealkylation sites (N-methyl/N-ethyl adjacent to an activating group) is 1. The molecule has 3 nitrogen and oxygen atoms in total. The lowest BCUT2D eigenvalue weighted by atomic mass is 10.1. The Hall–Kier alpha value is -0.120. The fourth-order valence-corrected chi connectivity index (χ4v) is 2.79. The van der Waals surface area contributed by atoms with E-state index in [4.69, 9.17) is 4.74 Å². The molecule has 0 amide bonds. The fourth-order valence-electron chi connectivity index (χ4n) is 2.79. The Kier molecular flexibility index (Phi) is 5.58. The number of methoxy groups -OCH3 is 1. The Morgan fingerprint density at radius 1 is 1.47 bits per heavy atom. The SMILES string of the molecule is CCN(C(C)COC)C1CCC(NC)C1. The Morgan fingerprint density at radius 3 is 2.67 bits per heavy atom. The molecule has 0 heterocycles. The van der Waals surface area contributed by atoms with Crippen LogP contribution in [-0.4, -0.2) is 50.3 Å². The van der Waals surface area contributed by atoms with Gasteiger partial charge in [0, 0.05) is 25.2 Å². The maximum atomic E-state index is 5.24. The summed E-state index contributed by atoms with van der Waals surface area (Å²) in [5, 5.41) is 3.39. The van der Waals surface area contributed by atoms with Crippen molar-refractivity contribution in [3.63, 3.8) is 0 Å². The lowest BCUT2D eigenvalue weighted by Crippen LogP contribution is -2.43. The largest absolute Gasteiger partial charge is 0.383 e. The molecule has 0 saturated heterocycles. The normalized spacial score (nSPS) is 28.6. The fraction of sp³-hybridized carbons (Fsp3) is 1.00. The standard InChI is InChI=1S/C12H26N2O/c1-5-14(10(2)9-15-4)12-7-6-11(8-12)13-3/h10-13H,5-9H2,1-4H3. The number of hydrogen-bond acceptors (Lipinski definition) is 3. The average Bonchev–Trinajstić information content (AvgIpc) is 2.68. The Morgan fingerprint density at radius 2 is 2.20 bits per heavy atom. The van der Waals surface area contributed by atoms with Crippen molar-refractivity contribution >= 4 is 0 Å². The van der Waals surface area contributed by atoms with Crippen molar-refractivity contribution in [2.75, 3.05) is 27.3 Å². The zero-order chi connectivity index (χ0) is 11.3. The lowest BCUT2D eigenvalue weighted by molar-refractivity contribution is 0.0742. The van der Waals surface area contributed by atoms with Gasteiger partial charge in [-0.1, -0.05) is 6.92 Å². The summed E-state index contributed by atoms with van der Waals surface area (Å²) in [6, 6.07) is 2.01. The molecular formula is C12H26N2O. The third-order valence-corrected chi connectivity index (χ3v) is 3.62. The van der Waals surface area contributed by atoms with E-state index in [2.05, 4.69) is 31.1 Å². The van der Waals surface area contributed by atoms with Crippen molar-refractivity contribution in [3.05, 3.63) is 0 Å². The van der Waals surface area contributed by atoms with Gasteiger partial charge in [-0.15, -0.1) is 0 Å². The van der Waals surface area contributed by atoms with Crippen LogP contribution in [0, 0.1) is 0 Å². The van der Waals surface area contributed by atoms with Crippen LogP contribution in [-0.2, 0) is 4.74 Å². The first kappa shape index (κ1) is 12.9. The van der Waals surface area contributed by atoms with Crippen LogP contribution < -0.4 is 5.32 Å². The summed E-state index contributed by atoms with van der Waals surface area (Å²) in [4.78, 5) is 2.58. The van der Waals surface area contributed by atoms with E-state index >= 15 is 0 Å². The Labute approximate surface area is 94.2 Å². The van der Waals surface area contributed by atoms with Gasteiger partial charge in [0.25, 0.3) is 0 Å². The molecule has 15 heavy (non-hydrogen) atoms. The molecule has 0 aromatic carbocycles. The van der Waals surface area contributed by atoms with Crippen molar-refractivity contribution in [2.45, 2.75) is 51.2 Å². The molecule has 0 aromatic heterocycles. The Balaban J connectivity index is 2.44. The van der Waals surface area contributed by atoms with Crippen LogP contribution in [0.4, 0.5) is 0 Å². The summed E-state index contributed by atoms with van der Waals surface area (Å²) < 4.78 is 5.24. The highest BCUT2D eigenvalue weighted by Gasteiger charge is 2.29. The van der Waals surface area contributed by atoms with Crippen molar-refractivity contribution in [2.24, 2.45) is 0 Å². The van der Waals surface area contributed by atoms with Gasteiger partial charge in [-0.25, -0.2) is 0 Å². The molecule has 0 aromatic rings. The number of nitrogens with one attached hydrogen (secondary N) is 1. The molecule has 90 valence electrons. The summed E-state index contributed by atoms with van der Waals surface area (Å²) in [5.74, 6) is 0. The molecule has 1 aliphatic carbocycles. The van der Waals surface area contributed by atoms with Gasteiger partial charge in [-0.3, -0.25) is 4.90 Å². The zero-order valence-corrected chi connectivity index (χ0v) is 10.6. The van der Waals surface area contributed by atoms with Gasteiger partial charge in [0.1, 0.15) is 0 Å². The van der Waals surface area contributed by atoms with Crippen LogP contribution in [0.15, 0.2) is 0 Å². The van der Waals surface area contributed by atoms with Gasteiger partial charge in [-0.05, 0) is 39.8 Å². The molecule has 1 fully saturated rings. The van der Waals surface area contributed by atoms with E-state index in [1.807, 2.05) is 0 Å². The van der Waals surface area contributed by atoms with E-state index in [0.29, 0.717) is 6.04 Å². The van der Waals surface area contributed by atoms with E-state index in [-0.39, 0.29) is 0 Å². The van der Waals surface area contributed by atoms with Gasteiger partial charge in [0.15, 0.2) is 0 Å². The molecule has 0 bridgehead atoms. The summed E-state index contributed by atoms with van der Waals surface area (Å²) in [6.45, 7) is 6.48. The number of ether oxygens (including phenoxy) is 1. The summed E-state index contributed by atoms with van der Waals surface area (Å²) >= 11 is 0. The molecule has 1 saturated carbocycles. The third-order valence-electron chi connectivity index (χ3n) is 3.62. The van der Waals surface area contributed by atoms with Gasteiger partial charge in [-0.2, -0.15) is 0 Å². The molecule has 0 aliphatic heterocycles. The van der Waals surface area contributed by atoms with Gasteiger partial charge >= 0.3 is 0 Å². The highest BCUT2D eigenvalue weighted by molar-refractivity contribution is 4.87. The Bertz CT molecular complexity index is 175. The maximum Gasteiger partial charge on any atom is 0.0615 e. The first-order valence-corrected chi connectivity index (χ1v) is 6.14. The average molecular weight is 214 g/mol. The van der Waals surface area contributed by atoms with Crippen LogP contribution in [0.3, 0.4) is 0 Å². The predicted molar refractivity (Wildman–Crippen MR) is 64.2 cm³/mol. The quantitative estimate of drug-likeness (QED) is 0.725. The smallest absolute Gasteiger partial charge is 0.0615 e. The highest BCUT2D eigenvalue weighted by Crippen LogP contribution is 2.25. The number of nitrogens with zero attached hydrogens (tertiary/aromatic N) is 1. The third kappa shape index (κ3) is 3.44. The lowest BCUT2D eigenvalue weighted by Gasteiger charge is -2.33. The molecule has 0 spiro atoms. The van der Waals surface area contributed by atoms with E-state index < -0.39 is 0 Å². The van der Waals surface area contributed by atoms with Crippen molar-refractivity contribution in [1.82, 2.24) is 10.2 Å². The van der Waals surface area contributed by atoms with Crippen LogP contribution >= 0.6 is 0 Å². The minimum atomic E-state index is 0.542. The zero-order valence-electron chi connectivity index (χ0n) is 10.6. The van der Waals surface area contributed by atoms with Crippen molar-refractivity contribution in [1.29, 1.82) is 0 Å². The molecule has 1 rings (SSSR count). The molecule has 3 unspecified atom stereocenters. The number of hydrogen-bond donors (Lipinski definition) is 1. The molecular weight excluding hydrogens is 188 g/mol. The minimum Gasteiger partial charge on any atom is -0.383 e. The van der Waals surface area contributed by atoms with E-state index in [0.717, 1.165) is 25.2 Å². The van der Waals surface area contributed by atoms with Crippen molar-refractivity contribution < 1.29 is 4.74 Å². The maximum absolute atomic E-state index is 5.24. The van der Waals surface area contributed by atoms with Crippen LogP contribution in [0.2, 0.25) is 0 Å². The summed E-state index contributed by atoms with van der Waals surface area (Å²) in [7, 11) is 3.86. The minimum absolute atomic E-state index is 0.542. The van der Waals surface area contributed by atoms with Crippen LogP contribution in [0.5, 0.6) is 0 Å². The monoisotopic (exact) mass is 214 g/mol. The van der Waals surface area contributed by atoms with Crippen LogP contribution in [0.1, 0.15) is 33.1 Å². The second-order valence-corrected chi connectivity index (χ2v) is 4.59. The van der Waals surface area contributed by atoms with E-state index in [1.165, 1.54) is 19.3 Å². The predicted octanol–water partition coefficient (Wildman–Crippen LogP) is 1.48. The molecule has 3 atom stereocenters. The molecule has 1 aliphatic rings. The first-order valence-electron chi connectivity index (χ1n) is 6.14. The molecule has 0 radical (unpaired) electrons. The summed E-state index contributed by atoms with van der Waals surface area (Å²) in [5.41, 5.74) is 0. The highest BCUT2D eigenvalue weighted by atomic mass is 16.5. The van der Waals surface area contributed by atoms with Crippen molar-refractivity contribution in [3.8, 4) is 0 Å². The summed E-state index contributed by atoms with van der Waals surface area (Å²) in [6.07, 6.45) is 3.93. The number of rotatable bonds is 6. The van der Waals surface area contributed by atoms with Crippen LogP contribution in [0.25, 0.3) is 0 Å². The molecule has 3 heteroatoms. The second kappa shape index (κ2) is 6.46. The van der Waals surface area contributed by atoms with E-state index in [9.17, 15) is 0 Å².